The third-order valence-electron chi connectivity index (χ3n) is 4.83. The van der Waals surface area contributed by atoms with Crippen molar-refractivity contribution >= 4 is 33.8 Å². The van der Waals surface area contributed by atoms with Gasteiger partial charge in [-0.05, 0) is 29.9 Å². The lowest BCUT2D eigenvalue weighted by atomic mass is 10.1. The van der Waals surface area contributed by atoms with Crippen LogP contribution in [0.25, 0.3) is 10.8 Å². The maximum atomic E-state index is 13.1. The summed E-state index contributed by atoms with van der Waals surface area (Å²) in [5.41, 5.74) is 3.28. The molecular formula is C23H22N2O. The highest BCUT2D eigenvalue weighted by Gasteiger charge is 2.33. The molecule has 0 radical (unpaired) electrons. The van der Waals surface area contributed by atoms with E-state index in [4.69, 9.17) is 4.99 Å². The Morgan fingerprint density at radius 2 is 1.65 bits per heavy atom. The van der Waals surface area contributed by atoms with E-state index >= 15 is 0 Å². The van der Waals surface area contributed by atoms with Gasteiger partial charge in [-0.1, -0.05) is 68.4 Å². The molecule has 0 aromatic heterocycles. The van der Waals surface area contributed by atoms with E-state index in [1.807, 2.05) is 53.4 Å². The number of carbonyl (C=O) groups excluding carboxylic acids is 1. The first-order valence-corrected chi connectivity index (χ1v) is 9.13. The number of nitrogens with zero attached hydrogens (tertiary/aromatic N) is 2. The molecule has 0 aliphatic carbocycles. The standard InChI is InChI=1S/C23H22N2O/c1-16(2)14-15-25-21-13-6-5-11-19(21)22(23(25)26)24-20-12-7-9-17-8-3-4-10-18(17)20/h3-13,16H,14-15H2,1-2H3. The van der Waals surface area contributed by atoms with Gasteiger partial charge >= 0.3 is 0 Å². The molecule has 1 heterocycles. The minimum absolute atomic E-state index is 0.000200. The van der Waals surface area contributed by atoms with Crippen molar-refractivity contribution in [3.05, 3.63) is 72.3 Å². The maximum Gasteiger partial charge on any atom is 0.277 e. The third kappa shape index (κ3) is 2.90. The molecule has 3 aromatic carbocycles. The van der Waals surface area contributed by atoms with Gasteiger partial charge in [-0.15, -0.1) is 0 Å². The van der Waals surface area contributed by atoms with E-state index < -0.39 is 0 Å². The Morgan fingerprint density at radius 1 is 0.923 bits per heavy atom. The number of benzene rings is 3. The Labute approximate surface area is 154 Å². The second-order valence-corrected chi connectivity index (χ2v) is 7.12. The number of anilines is 1. The largest absolute Gasteiger partial charge is 0.306 e. The summed E-state index contributed by atoms with van der Waals surface area (Å²) in [5, 5.41) is 2.19. The summed E-state index contributed by atoms with van der Waals surface area (Å²) < 4.78 is 0. The molecule has 0 atom stereocenters. The van der Waals surface area contributed by atoms with Crippen LogP contribution in [0.4, 0.5) is 11.4 Å². The highest BCUT2D eigenvalue weighted by Crippen LogP contribution is 2.33. The average Bonchev–Trinajstić information content (AvgIpc) is 2.92. The molecule has 3 aromatic rings. The van der Waals surface area contributed by atoms with Crippen molar-refractivity contribution < 1.29 is 4.79 Å². The lowest BCUT2D eigenvalue weighted by molar-refractivity contribution is -0.112. The fourth-order valence-corrected chi connectivity index (χ4v) is 3.41. The Morgan fingerprint density at radius 3 is 2.50 bits per heavy atom. The number of rotatable bonds is 4. The second-order valence-electron chi connectivity index (χ2n) is 7.12. The molecule has 0 bridgehead atoms. The molecule has 0 spiro atoms. The lowest BCUT2D eigenvalue weighted by Crippen LogP contribution is -2.31. The van der Waals surface area contributed by atoms with Crippen molar-refractivity contribution in [1.82, 2.24) is 0 Å². The zero-order valence-corrected chi connectivity index (χ0v) is 15.1. The van der Waals surface area contributed by atoms with Gasteiger partial charge in [0.1, 0.15) is 5.71 Å². The summed E-state index contributed by atoms with van der Waals surface area (Å²) in [4.78, 5) is 19.8. The molecule has 0 saturated heterocycles. The normalized spacial score (nSPS) is 15.3. The van der Waals surface area contributed by atoms with Crippen molar-refractivity contribution in [3.63, 3.8) is 0 Å². The number of aliphatic imine (C=N–C) groups is 1. The summed E-state index contributed by atoms with van der Waals surface area (Å²) in [6, 6.07) is 22.1. The van der Waals surface area contributed by atoms with Crippen LogP contribution < -0.4 is 4.90 Å². The number of amides is 1. The maximum absolute atomic E-state index is 13.1. The zero-order chi connectivity index (χ0) is 18.1. The first kappa shape index (κ1) is 16.5. The van der Waals surface area contributed by atoms with Crippen LogP contribution in [0.1, 0.15) is 25.8 Å². The fourth-order valence-electron chi connectivity index (χ4n) is 3.41. The topological polar surface area (TPSA) is 32.7 Å². The van der Waals surface area contributed by atoms with Gasteiger partial charge in [0.15, 0.2) is 0 Å². The van der Waals surface area contributed by atoms with Crippen molar-refractivity contribution in [3.8, 4) is 0 Å². The van der Waals surface area contributed by atoms with Crippen LogP contribution in [0.5, 0.6) is 0 Å². The van der Waals surface area contributed by atoms with Gasteiger partial charge in [0.05, 0.1) is 11.4 Å². The third-order valence-corrected chi connectivity index (χ3v) is 4.83. The van der Waals surface area contributed by atoms with Crippen LogP contribution in [0, 0.1) is 5.92 Å². The van der Waals surface area contributed by atoms with Crippen LogP contribution in [-0.4, -0.2) is 18.2 Å². The Bertz CT molecular complexity index is 999. The molecule has 0 N–H and O–H groups in total. The number of para-hydroxylation sites is 1. The van der Waals surface area contributed by atoms with Crippen LogP contribution in [-0.2, 0) is 4.79 Å². The highest BCUT2D eigenvalue weighted by atomic mass is 16.2. The van der Waals surface area contributed by atoms with Crippen molar-refractivity contribution in [2.24, 2.45) is 10.9 Å². The monoisotopic (exact) mass is 342 g/mol. The van der Waals surface area contributed by atoms with E-state index in [2.05, 4.69) is 32.0 Å². The number of hydrogen-bond donors (Lipinski definition) is 0. The van der Waals surface area contributed by atoms with Gasteiger partial charge in [0.2, 0.25) is 0 Å². The molecule has 26 heavy (non-hydrogen) atoms. The van der Waals surface area contributed by atoms with E-state index in [0.29, 0.717) is 11.6 Å². The smallest absolute Gasteiger partial charge is 0.277 e. The van der Waals surface area contributed by atoms with Gasteiger partial charge in [0.25, 0.3) is 5.91 Å². The lowest BCUT2D eigenvalue weighted by Gasteiger charge is -2.17. The molecule has 1 aliphatic heterocycles. The second kappa shape index (κ2) is 6.75. The van der Waals surface area contributed by atoms with Crippen molar-refractivity contribution in [2.75, 3.05) is 11.4 Å². The molecule has 0 unspecified atom stereocenters. The molecule has 130 valence electrons. The van der Waals surface area contributed by atoms with Crippen LogP contribution in [0.3, 0.4) is 0 Å². The number of hydrogen-bond acceptors (Lipinski definition) is 2. The highest BCUT2D eigenvalue weighted by molar-refractivity contribution is 6.54. The first-order chi connectivity index (χ1) is 12.6. The SMILES string of the molecule is CC(C)CCN1C(=O)C(=Nc2cccc3ccccc23)c2ccccc21. The van der Waals surface area contributed by atoms with Crippen LogP contribution in [0.15, 0.2) is 71.7 Å². The van der Waals surface area contributed by atoms with E-state index in [0.717, 1.165) is 40.7 Å². The van der Waals surface area contributed by atoms with Crippen LogP contribution in [0.2, 0.25) is 0 Å². The van der Waals surface area contributed by atoms with Gasteiger partial charge < -0.3 is 4.90 Å². The van der Waals surface area contributed by atoms with E-state index in [1.54, 1.807) is 0 Å². The van der Waals surface area contributed by atoms with Gasteiger partial charge in [0, 0.05) is 17.5 Å². The Hall–Kier alpha value is -2.94. The Kier molecular flexibility index (Phi) is 4.29. The predicted octanol–water partition coefficient (Wildman–Crippen LogP) is 5.35. The molecular weight excluding hydrogens is 320 g/mol. The Balaban J connectivity index is 1.81. The summed E-state index contributed by atoms with van der Waals surface area (Å²) in [5.74, 6) is 0.550. The first-order valence-electron chi connectivity index (χ1n) is 9.13. The summed E-state index contributed by atoms with van der Waals surface area (Å²) in [7, 11) is 0. The number of fused-ring (bicyclic) bond motifs is 2. The molecule has 0 saturated carbocycles. The molecule has 1 aliphatic rings. The molecule has 0 fully saturated rings. The molecule has 3 heteroatoms. The minimum atomic E-state index is -0.000200. The van der Waals surface area contributed by atoms with Crippen LogP contribution >= 0.6 is 0 Å². The van der Waals surface area contributed by atoms with Gasteiger partial charge in [-0.3, -0.25) is 4.79 Å². The fraction of sp³-hybridized carbons (Fsp3) is 0.217. The van der Waals surface area contributed by atoms with E-state index in [9.17, 15) is 4.79 Å². The zero-order valence-electron chi connectivity index (χ0n) is 15.1. The predicted molar refractivity (Wildman–Crippen MR) is 108 cm³/mol. The quantitative estimate of drug-likeness (QED) is 0.629. The molecule has 4 rings (SSSR count). The molecule has 1 amide bonds. The van der Waals surface area contributed by atoms with E-state index in [-0.39, 0.29) is 5.91 Å². The molecule has 3 nitrogen and oxygen atoms in total. The van der Waals surface area contributed by atoms with Gasteiger partial charge in [-0.25, -0.2) is 4.99 Å². The summed E-state index contributed by atoms with van der Waals surface area (Å²) in [6.45, 7) is 5.08. The average molecular weight is 342 g/mol. The number of carbonyl (C=O) groups is 1. The summed E-state index contributed by atoms with van der Waals surface area (Å²) in [6.07, 6.45) is 0.974. The summed E-state index contributed by atoms with van der Waals surface area (Å²) >= 11 is 0. The van der Waals surface area contributed by atoms with Crippen molar-refractivity contribution in [2.45, 2.75) is 20.3 Å². The van der Waals surface area contributed by atoms with E-state index in [1.165, 1.54) is 0 Å². The van der Waals surface area contributed by atoms with Crippen molar-refractivity contribution in [1.29, 1.82) is 0 Å². The van der Waals surface area contributed by atoms with Gasteiger partial charge in [-0.2, -0.15) is 0 Å². The minimum Gasteiger partial charge on any atom is -0.306 e.